The van der Waals surface area contributed by atoms with Gasteiger partial charge in [-0.05, 0) is 82.7 Å². The predicted octanol–water partition coefficient (Wildman–Crippen LogP) is 4.14. The maximum atomic E-state index is 13.4. The summed E-state index contributed by atoms with van der Waals surface area (Å²) in [5.74, 6) is 0.867. The van der Waals surface area contributed by atoms with Crippen LogP contribution < -0.4 is 19.7 Å². The number of sulfonamides is 1. The predicted molar refractivity (Wildman–Crippen MR) is 142 cm³/mol. The number of anilines is 1. The van der Waals surface area contributed by atoms with Crippen LogP contribution in [-0.4, -0.2) is 44.5 Å². The van der Waals surface area contributed by atoms with Gasteiger partial charge >= 0.3 is 0 Å². The molecule has 192 valence electrons. The molecule has 9 heteroatoms. The van der Waals surface area contributed by atoms with Crippen LogP contribution in [0.25, 0.3) is 11.3 Å². The molecule has 1 fully saturated rings. The van der Waals surface area contributed by atoms with Crippen molar-refractivity contribution in [2.75, 3.05) is 24.6 Å². The number of ether oxygens (including phenoxy) is 1. The molecule has 4 rings (SSSR count). The van der Waals surface area contributed by atoms with E-state index in [0.29, 0.717) is 36.3 Å². The fourth-order valence-electron chi connectivity index (χ4n) is 4.94. The third-order valence-electron chi connectivity index (χ3n) is 6.50. The molecule has 0 bridgehead atoms. The van der Waals surface area contributed by atoms with Crippen LogP contribution in [0.15, 0.2) is 53.6 Å². The van der Waals surface area contributed by atoms with Gasteiger partial charge in [0.05, 0.1) is 29.3 Å². The Bertz CT molecular complexity index is 1330. The van der Waals surface area contributed by atoms with Crippen LogP contribution >= 0.6 is 0 Å². The van der Waals surface area contributed by atoms with E-state index in [0.717, 1.165) is 17.5 Å². The molecule has 0 saturated carbocycles. The lowest BCUT2D eigenvalue weighted by Crippen LogP contribution is -2.41. The minimum absolute atomic E-state index is 0.0979. The number of allylic oxidation sites excluding steroid dienone is 2. The van der Waals surface area contributed by atoms with E-state index < -0.39 is 15.9 Å². The van der Waals surface area contributed by atoms with E-state index in [2.05, 4.69) is 35.7 Å². The van der Waals surface area contributed by atoms with Crippen LogP contribution in [0.2, 0.25) is 0 Å². The van der Waals surface area contributed by atoms with Crippen molar-refractivity contribution in [1.82, 2.24) is 15.0 Å². The van der Waals surface area contributed by atoms with Crippen molar-refractivity contribution in [1.29, 1.82) is 0 Å². The van der Waals surface area contributed by atoms with Gasteiger partial charge in [-0.1, -0.05) is 18.6 Å². The number of aromatic nitrogens is 1. The Kier molecular flexibility index (Phi) is 7.13. The number of carbonyl (C=O) groups excluding carboxylic acids is 1. The Hall–Kier alpha value is -3.33. The van der Waals surface area contributed by atoms with Gasteiger partial charge in [-0.15, -0.1) is 0 Å². The molecule has 0 aliphatic carbocycles. The van der Waals surface area contributed by atoms with Crippen molar-refractivity contribution in [3.8, 4) is 17.0 Å². The molecule has 8 nitrogen and oxygen atoms in total. The zero-order chi connectivity index (χ0) is 26.1. The molecule has 2 aromatic rings. The molecule has 0 unspecified atom stereocenters. The minimum Gasteiger partial charge on any atom is -0.493 e. The Morgan fingerprint density at radius 1 is 1.28 bits per heavy atom. The number of nitrogens with one attached hydrogen (secondary N) is 2. The van der Waals surface area contributed by atoms with E-state index in [1.165, 1.54) is 6.08 Å². The van der Waals surface area contributed by atoms with Gasteiger partial charge in [0, 0.05) is 17.6 Å². The van der Waals surface area contributed by atoms with Gasteiger partial charge in [-0.3, -0.25) is 4.79 Å². The molecule has 1 saturated heterocycles. The van der Waals surface area contributed by atoms with Crippen LogP contribution in [-0.2, 0) is 10.0 Å². The normalized spacial score (nSPS) is 19.0. The standard InChI is InChI=1S/C27H34N4O4S/c1-6-35-24-12-9-18(2)14-22(24)23-11-10-21(25(29-23)31-17-19(3)15-27(31,4)5)26(32)30-36(33,34)20-8-7-13-28-16-20/h7-14,19,28H,6,15-17H2,1-5H3,(H,30,32)/t19-/m0/s1. The molecule has 1 atom stereocenters. The lowest BCUT2D eigenvalue weighted by atomic mass is 9.97. The quantitative estimate of drug-likeness (QED) is 0.577. The van der Waals surface area contributed by atoms with Gasteiger partial charge in [-0.25, -0.2) is 18.1 Å². The summed E-state index contributed by atoms with van der Waals surface area (Å²) in [6.45, 7) is 11.7. The van der Waals surface area contributed by atoms with Crippen LogP contribution in [0.1, 0.15) is 50.0 Å². The average molecular weight is 511 g/mol. The maximum Gasteiger partial charge on any atom is 0.268 e. The first-order valence-electron chi connectivity index (χ1n) is 12.2. The second-order valence-corrected chi connectivity index (χ2v) is 11.8. The third-order valence-corrected chi connectivity index (χ3v) is 7.93. The largest absolute Gasteiger partial charge is 0.493 e. The molecule has 0 radical (unpaired) electrons. The molecule has 0 spiro atoms. The van der Waals surface area contributed by atoms with E-state index in [-0.39, 0.29) is 22.6 Å². The Morgan fingerprint density at radius 2 is 2.06 bits per heavy atom. The summed E-state index contributed by atoms with van der Waals surface area (Å²) in [6, 6.07) is 9.32. The molecule has 3 heterocycles. The molecule has 2 N–H and O–H groups in total. The number of hydrogen-bond donors (Lipinski definition) is 2. The van der Waals surface area contributed by atoms with Gasteiger partial charge in [0.2, 0.25) is 0 Å². The summed E-state index contributed by atoms with van der Waals surface area (Å²) in [6.07, 6.45) is 5.65. The number of hydrogen-bond acceptors (Lipinski definition) is 7. The fourth-order valence-corrected chi connectivity index (χ4v) is 5.95. The van der Waals surface area contributed by atoms with E-state index >= 15 is 0 Å². The van der Waals surface area contributed by atoms with E-state index in [4.69, 9.17) is 9.72 Å². The monoisotopic (exact) mass is 510 g/mol. The van der Waals surface area contributed by atoms with Crippen molar-refractivity contribution in [3.05, 3.63) is 64.7 Å². The van der Waals surface area contributed by atoms with Crippen LogP contribution in [0, 0.1) is 12.8 Å². The number of rotatable bonds is 7. The smallest absolute Gasteiger partial charge is 0.268 e. The van der Waals surface area contributed by atoms with Crippen molar-refractivity contribution in [2.45, 2.75) is 46.6 Å². The topological polar surface area (TPSA) is 101 Å². The number of nitrogens with zero attached hydrogens (tertiary/aromatic N) is 2. The summed E-state index contributed by atoms with van der Waals surface area (Å²) in [7, 11) is -4.01. The Labute approximate surface area is 213 Å². The molecular formula is C27H34N4O4S. The Morgan fingerprint density at radius 3 is 2.69 bits per heavy atom. The summed E-state index contributed by atoms with van der Waals surface area (Å²) in [4.78, 5) is 20.6. The Balaban J connectivity index is 1.80. The van der Waals surface area contributed by atoms with Gasteiger partial charge < -0.3 is 15.0 Å². The summed E-state index contributed by atoms with van der Waals surface area (Å²) >= 11 is 0. The summed E-state index contributed by atoms with van der Waals surface area (Å²) < 4.78 is 33.9. The minimum atomic E-state index is -4.01. The third kappa shape index (κ3) is 5.26. The van der Waals surface area contributed by atoms with Crippen LogP contribution in [0.3, 0.4) is 0 Å². The zero-order valence-electron chi connectivity index (χ0n) is 21.5. The first-order chi connectivity index (χ1) is 17.0. The van der Waals surface area contributed by atoms with Crippen LogP contribution in [0.4, 0.5) is 5.82 Å². The molecular weight excluding hydrogens is 476 g/mol. The highest BCUT2D eigenvalue weighted by atomic mass is 32.2. The average Bonchev–Trinajstić information content (AvgIpc) is 3.11. The van der Waals surface area contributed by atoms with Gasteiger partial charge in [0.15, 0.2) is 0 Å². The summed E-state index contributed by atoms with van der Waals surface area (Å²) in [5, 5.41) is 2.86. The molecule has 2 aliphatic heterocycles. The molecule has 2 aliphatic rings. The highest BCUT2D eigenvalue weighted by molar-refractivity contribution is 7.94. The number of dihydropyridines is 1. The second-order valence-electron chi connectivity index (χ2n) is 10.0. The van der Waals surface area contributed by atoms with Crippen molar-refractivity contribution in [3.63, 3.8) is 0 Å². The van der Waals surface area contributed by atoms with Gasteiger partial charge in [-0.2, -0.15) is 0 Å². The first-order valence-corrected chi connectivity index (χ1v) is 13.7. The highest BCUT2D eigenvalue weighted by Gasteiger charge is 2.39. The van der Waals surface area contributed by atoms with Crippen LogP contribution in [0.5, 0.6) is 5.75 Å². The highest BCUT2D eigenvalue weighted by Crippen LogP contribution is 2.39. The van der Waals surface area contributed by atoms with Crippen molar-refractivity contribution < 1.29 is 17.9 Å². The van der Waals surface area contributed by atoms with Crippen molar-refractivity contribution in [2.24, 2.45) is 5.92 Å². The fraction of sp³-hybridized carbons (Fsp3) is 0.407. The molecule has 36 heavy (non-hydrogen) atoms. The van der Waals surface area contributed by atoms with Gasteiger partial charge in [0.25, 0.3) is 15.9 Å². The van der Waals surface area contributed by atoms with Gasteiger partial charge in [0.1, 0.15) is 11.6 Å². The zero-order valence-corrected chi connectivity index (χ0v) is 22.3. The van der Waals surface area contributed by atoms with E-state index in [1.807, 2.05) is 32.0 Å². The molecule has 1 aromatic carbocycles. The lowest BCUT2D eigenvalue weighted by molar-refractivity contribution is 0.0981. The summed E-state index contributed by atoms with van der Waals surface area (Å²) in [5.41, 5.74) is 2.51. The number of amides is 1. The van der Waals surface area contributed by atoms with E-state index in [9.17, 15) is 13.2 Å². The second kappa shape index (κ2) is 9.97. The molecule has 1 aromatic heterocycles. The number of pyridine rings is 1. The number of aryl methyl sites for hydroxylation is 1. The SMILES string of the molecule is CCOc1ccc(C)cc1-c1ccc(C(=O)NS(=O)(=O)C2=CC=CNC2)c(N2C[C@@H](C)CC2(C)C)n1. The molecule has 1 amide bonds. The van der Waals surface area contributed by atoms with Crippen molar-refractivity contribution >= 4 is 21.7 Å². The lowest BCUT2D eigenvalue weighted by Gasteiger charge is -2.34. The maximum absolute atomic E-state index is 13.4. The first kappa shape index (κ1) is 25.8. The number of benzene rings is 1. The number of carbonyl (C=O) groups is 1. The van der Waals surface area contributed by atoms with E-state index in [1.54, 1.807) is 24.4 Å².